The van der Waals surface area contributed by atoms with Gasteiger partial charge < -0.3 is 19.5 Å². The van der Waals surface area contributed by atoms with Gasteiger partial charge >= 0.3 is 0 Å². The quantitative estimate of drug-likeness (QED) is 0.656. The van der Waals surface area contributed by atoms with E-state index in [-0.39, 0.29) is 0 Å². The van der Waals surface area contributed by atoms with Crippen LogP contribution in [0.5, 0.6) is 5.75 Å². The van der Waals surface area contributed by atoms with E-state index in [1.807, 2.05) is 24.3 Å². The van der Waals surface area contributed by atoms with Gasteiger partial charge in [-0.2, -0.15) is 0 Å². The van der Waals surface area contributed by atoms with Crippen LogP contribution in [0, 0.1) is 0 Å². The van der Waals surface area contributed by atoms with Crippen LogP contribution >= 0.6 is 15.9 Å². The predicted octanol–water partition coefficient (Wildman–Crippen LogP) is 1.84. The number of aliphatic hydroxyl groups is 1. The molecule has 0 unspecified atom stereocenters. The smallest absolute Gasteiger partial charge is 0.133 e. The first-order valence-electron chi connectivity index (χ1n) is 8.27. The highest BCUT2D eigenvalue weighted by Crippen LogP contribution is 2.23. The summed E-state index contributed by atoms with van der Waals surface area (Å²) in [4.78, 5) is 4.73. The Balaban J connectivity index is 1.53. The molecule has 6 heteroatoms. The molecule has 1 aliphatic heterocycles. The fourth-order valence-corrected chi connectivity index (χ4v) is 3.03. The molecule has 1 aromatic carbocycles. The molecule has 0 amide bonds. The second-order valence-electron chi connectivity index (χ2n) is 5.74. The minimum atomic E-state index is -0.438. The molecule has 0 aliphatic carbocycles. The third-order valence-electron chi connectivity index (χ3n) is 4.01. The predicted molar refractivity (Wildman–Crippen MR) is 95.0 cm³/mol. The van der Waals surface area contributed by atoms with E-state index < -0.39 is 6.10 Å². The monoisotopic (exact) mass is 386 g/mol. The lowest BCUT2D eigenvalue weighted by Crippen LogP contribution is -2.48. The average Bonchev–Trinajstić information content (AvgIpc) is 2.57. The van der Waals surface area contributed by atoms with Crippen LogP contribution in [0.2, 0.25) is 0 Å². The molecule has 0 aromatic heterocycles. The lowest BCUT2D eigenvalue weighted by atomic mass is 10.2. The van der Waals surface area contributed by atoms with Gasteiger partial charge in [-0.1, -0.05) is 19.1 Å². The van der Waals surface area contributed by atoms with Gasteiger partial charge in [0.05, 0.1) is 23.8 Å². The molecule has 130 valence electrons. The van der Waals surface area contributed by atoms with Crippen LogP contribution in [-0.2, 0) is 4.74 Å². The number of rotatable bonds is 9. The number of hydrogen-bond acceptors (Lipinski definition) is 5. The number of likely N-dealkylation sites (N-methyl/N-ethyl adjacent to an activating group) is 1. The van der Waals surface area contributed by atoms with Crippen molar-refractivity contribution in [3.05, 3.63) is 28.7 Å². The average molecular weight is 387 g/mol. The highest BCUT2D eigenvalue weighted by molar-refractivity contribution is 9.10. The number of halogens is 1. The number of ether oxygens (including phenoxy) is 2. The molecule has 1 aliphatic rings. The van der Waals surface area contributed by atoms with Crippen molar-refractivity contribution in [1.29, 1.82) is 0 Å². The van der Waals surface area contributed by atoms with E-state index in [1.165, 1.54) is 0 Å². The topological polar surface area (TPSA) is 45.2 Å². The molecule has 0 spiro atoms. The van der Waals surface area contributed by atoms with Crippen LogP contribution in [0.3, 0.4) is 0 Å². The molecule has 0 bridgehead atoms. The molecule has 1 N–H and O–H groups in total. The Morgan fingerprint density at radius 1 is 1.13 bits per heavy atom. The third-order valence-corrected chi connectivity index (χ3v) is 4.67. The first-order valence-corrected chi connectivity index (χ1v) is 9.06. The number of benzene rings is 1. The van der Waals surface area contributed by atoms with Crippen molar-refractivity contribution < 1.29 is 14.6 Å². The number of aliphatic hydroxyl groups excluding tert-OH is 1. The number of β-amino-alcohol motifs (C(OH)–C–C–N with tert-alkyl or cyclic N) is 1. The Labute approximate surface area is 147 Å². The molecular formula is C17H27BrN2O3. The van der Waals surface area contributed by atoms with Crippen LogP contribution in [-0.4, -0.2) is 80.1 Å². The van der Waals surface area contributed by atoms with E-state index in [1.54, 1.807) is 0 Å². The molecule has 1 heterocycles. The lowest BCUT2D eigenvalue weighted by Gasteiger charge is -2.34. The van der Waals surface area contributed by atoms with Crippen molar-refractivity contribution in [2.75, 3.05) is 59.1 Å². The zero-order valence-electron chi connectivity index (χ0n) is 13.8. The van der Waals surface area contributed by atoms with Crippen molar-refractivity contribution >= 4 is 15.9 Å². The van der Waals surface area contributed by atoms with Crippen LogP contribution in [0.1, 0.15) is 6.92 Å². The highest BCUT2D eigenvalue weighted by Gasteiger charge is 2.18. The van der Waals surface area contributed by atoms with Gasteiger partial charge in [-0.25, -0.2) is 0 Å². The van der Waals surface area contributed by atoms with Crippen LogP contribution in [0.25, 0.3) is 0 Å². The van der Waals surface area contributed by atoms with Crippen LogP contribution in [0.15, 0.2) is 28.7 Å². The van der Waals surface area contributed by atoms with E-state index in [0.29, 0.717) is 26.4 Å². The first-order chi connectivity index (χ1) is 11.2. The van der Waals surface area contributed by atoms with Crippen molar-refractivity contribution in [1.82, 2.24) is 9.80 Å². The van der Waals surface area contributed by atoms with Gasteiger partial charge in [-0.05, 0) is 34.6 Å². The molecule has 1 atom stereocenters. The summed E-state index contributed by atoms with van der Waals surface area (Å²) in [5, 5.41) is 10.1. The Bertz CT molecular complexity index is 453. The second kappa shape index (κ2) is 10.3. The highest BCUT2D eigenvalue weighted by atomic mass is 79.9. The minimum absolute atomic E-state index is 0.354. The summed E-state index contributed by atoms with van der Waals surface area (Å²) in [6.07, 6.45) is -0.438. The summed E-state index contributed by atoms with van der Waals surface area (Å²) in [5.74, 6) is 0.811. The van der Waals surface area contributed by atoms with Gasteiger partial charge in [-0.15, -0.1) is 0 Å². The maximum absolute atomic E-state index is 10.1. The Kier molecular flexibility index (Phi) is 8.33. The van der Waals surface area contributed by atoms with Gasteiger partial charge in [0.2, 0.25) is 0 Å². The summed E-state index contributed by atoms with van der Waals surface area (Å²) in [6.45, 7) is 9.51. The Morgan fingerprint density at radius 2 is 1.83 bits per heavy atom. The molecule has 1 aromatic rings. The minimum Gasteiger partial charge on any atom is -0.490 e. The van der Waals surface area contributed by atoms with Gasteiger partial charge in [0.25, 0.3) is 0 Å². The maximum atomic E-state index is 10.1. The second-order valence-corrected chi connectivity index (χ2v) is 6.60. The normalized spacial score (nSPS) is 18.0. The largest absolute Gasteiger partial charge is 0.490 e. The molecule has 23 heavy (non-hydrogen) atoms. The molecular weight excluding hydrogens is 360 g/mol. The first kappa shape index (κ1) is 18.7. The summed E-state index contributed by atoms with van der Waals surface area (Å²) in [6, 6.07) is 7.74. The van der Waals surface area contributed by atoms with Gasteiger partial charge in [0, 0.05) is 32.7 Å². The van der Waals surface area contributed by atoms with Gasteiger partial charge in [0.1, 0.15) is 12.4 Å². The summed E-state index contributed by atoms with van der Waals surface area (Å²) in [7, 11) is 0. The molecule has 0 saturated carbocycles. The molecule has 2 rings (SSSR count). The number of nitrogens with zero attached hydrogens (tertiary/aromatic N) is 2. The van der Waals surface area contributed by atoms with E-state index in [9.17, 15) is 5.11 Å². The van der Waals surface area contributed by atoms with Gasteiger partial charge in [0.15, 0.2) is 0 Å². The summed E-state index contributed by atoms with van der Waals surface area (Å²) < 4.78 is 12.1. The maximum Gasteiger partial charge on any atom is 0.133 e. The number of para-hydroxylation sites is 1. The van der Waals surface area contributed by atoms with Crippen LogP contribution in [0.4, 0.5) is 0 Å². The summed E-state index contributed by atoms with van der Waals surface area (Å²) in [5.41, 5.74) is 0. The standard InChI is InChI=1S/C17H27BrN2O3/c1-2-19-7-9-20(10-8-19)13-15(21)14-22-11-12-23-17-6-4-3-5-16(17)18/h3-6,15,21H,2,7-14H2,1H3/t15-/m1/s1. The van der Waals surface area contributed by atoms with Crippen molar-refractivity contribution in [2.45, 2.75) is 13.0 Å². The molecule has 0 radical (unpaired) electrons. The third kappa shape index (κ3) is 6.77. The number of piperazine rings is 1. The van der Waals surface area contributed by atoms with E-state index in [0.717, 1.165) is 42.9 Å². The SMILES string of the molecule is CCN1CCN(C[C@@H](O)COCCOc2ccccc2Br)CC1. The van der Waals surface area contributed by atoms with Crippen molar-refractivity contribution in [3.63, 3.8) is 0 Å². The van der Waals surface area contributed by atoms with Crippen LogP contribution < -0.4 is 4.74 Å². The fourth-order valence-electron chi connectivity index (χ4n) is 2.63. The zero-order chi connectivity index (χ0) is 16.5. The fraction of sp³-hybridized carbons (Fsp3) is 0.647. The van der Waals surface area contributed by atoms with E-state index in [4.69, 9.17) is 9.47 Å². The van der Waals surface area contributed by atoms with Crippen molar-refractivity contribution in [3.8, 4) is 5.75 Å². The van der Waals surface area contributed by atoms with Gasteiger partial charge in [-0.3, -0.25) is 4.90 Å². The molecule has 1 fully saturated rings. The van der Waals surface area contributed by atoms with Crippen molar-refractivity contribution in [2.24, 2.45) is 0 Å². The molecule has 1 saturated heterocycles. The summed E-state index contributed by atoms with van der Waals surface area (Å²) >= 11 is 3.44. The lowest BCUT2D eigenvalue weighted by molar-refractivity contribution is 0.000342. The van der Waals surface area contributed by atoms with E-state index >= 15 is 0 Å². The number of hydrogen-bond donors (Lipinski definition) is 1. The molecule has 5 nitrogen and oxygen atoms in total. The Morgan fingerprint density at radius 3 is 2.52 bits per heavy atom. The zero-order valence-corrected chi connectivity index (χ0v) is 15.4. The Hall–Kier alpha value is -0.660. The van der Waals surface area contributed by atoms with E-state index in [2.05, 4.69) is 32.7 Å².